The number of aromatic nitrogens is 1. The number of esters is 1. The monoisotopic (exact) mass is 267 g/mol. The fourth-order valence-corrected chi connectivity index (χ4v) is 3.43. The highest BCUT2D eigenvalue weighted by Crippen LogP contribution is 2.29. The first-order valence-corrected chi connectivity index (χ1v) is 7.24. The summed E-state index contributed by atoms with van der Waals surface area (Å²) in [6, 6.07) is 8.05. The molecule has 17 heavy (non-hydrogen) atoms. The molecule has 0 saturated carbocycles. The molecule has 1 aromatic heterocycles. The third-order valence-corrected chi connectivity index (χ3v) is 4.29. The van der Waals surface area contributed by atoms with Gasteiger partial charge in [0.25, 0.3) is 0 Å². The maximum atomic E-state index is 11.2. The van der Waals surface area contributed by atoms with Crippen LogP contribution in [0.2, 0.25) is 0 Å². The van der Waals surface area contributed by atoms with Gasteiger partial charge < -0.3 is 4.74 Å². The van der Waals surface area contributed by atoms with E-state index in [9.17, 15) is 4.79 Å². The fourth-order valence-electron chi connectivity index (χ4n) is 1.37. The van der Waals surface area contributed by atoms with Gasteiger partial charge in [-0.3, -0.25) is 4.79 Å². The van der Waals surface area contributed by atoms with E-state index in [4.69, 9.17) is 4.74 Å². The summed E-state index contributed by atoms with van der Waals surface area (Å²) in [6.45, 7) is 2.27. The smallest absolute Gasteiger partial charge is 0.306 e. The van der Waals surface area contributed by atoms with E-state index in [1.54, 1.807) is 23.1 Å². The van der Waals surface area contributed by atoms with Crippen LogP contribution >= 0.6 is 23.1 Å². The van der Waals surface area contributed by atoms with Gasteiger partial charge in [-0.25, -0.2) is 4.98 Å². The molecule has 0 unspecified atom stereocenters. The topological polar surface area (TPSA) is 39.2 Å². The number of nitrogens with zero attached hydrogens (tertiary/aromatic N) is 1. The van der Waals surface area contributed by atoms with Gasteiger partial charge >= 0.3 is 5.97 Å². The third-order valence-electron chi connectivity index (χ3n) is 2.11. The summed E-state index contributed by atoms with van der Waals surface area (Å²) in [5.41, 5.74) is 1.02. The average molecular weight is 267 g/mol. The SMILES string of the molecule is CCOC(=O)CCSc1nc2ccccc2s1. The van der Waals surface area contributed by atoms with Gasteiger partial charge in [-0.1, -0.05) is 23.9 Å². The minimum absolute atomic E-state index is 0.138. The summed E-state index contributed by atoms with van der Waals surface area (Å²) in [6.07, 6.45) is 0.439. The van der Waals surface area contributed by atoms with Crippen molar-refractivity contribution in [2.75, 3.05) is 12.4 Å². The van der Waals surface area contributed by atoms with E-state index in [0.717, 1.165) is 15.6 Å². The highest BCUT2D eigenvalue weighted by molar-refractivity contribution is 8.01. The normalized spacial score (nSPS) is 10.6. The second-order valence-corrected chi connectivity index (χ2v) is 5.72. The molecule has 0 saturated heterocycles. The van der Waals surface area contributed by atoms with Crippen molar-refractivity contribution in [3.05, 3.63) is 24.3 Å². The van der Waals surface area contributed by atoms with E-state index in [1.165, 1.54) is 4.70 Å². The molecule has 0 bridgehead atoms. The Labute approximate surface area is 108 Å². The molecule has 0 radical (unpaired) electrons. The van der Waals surface area contributed by atoms with Crippen LogP contribution in [0.15, 0.2) is 28.6 Å². The van der Waals surface area contributed by atoms with Crippen molar-refractivity contribution in [3.63, 3.8) is 0 Å². The van der Waals surface area contributed by atoms with Crippen molar-refractivity contribution in [2.24, 2.45) is 0 Å². The lowest BCUT2D eigenvalue weighted by Gasteiger charge is -1.99. The molecule has 0 fully saturated rings. The van der Waals surface area contributed by atoms with E-state index in [1.807, 2.05) is 25.1 Å². The Balaban J connectivity index is 1.89. The van der Waals surface area contributed by atoms with Crippen molar-refractivity contribution in [1.82, 2.24) is 4.98 Å². The lowest BCUT2D eigenvalue weighted by Crippen LogP contribution is -2.04. The quantitative estimate of drug-likeness (QED) is 0.615. The molecule has 1 aromatic carbocycles. The number of fused-ring (bicyclic) bond motifs is 1. The van der Waals surface area contributed by atoms with Crippen LogP contribution < -0.4 is 0 Å². The van der Waals surface area contributed by atoms with E-state index in [0.29, 0.717) is 13.0 Å². The number of carbonyl (C=O) groups excluding carboxylic acids is 1. The zero-order valence-corrected chi connectivity index (χ0v) is 11.1. The second-order valence-electron chi connectivity index (χ2n) is 3.35. The molecule has 3 nitrogen and oxygen atoms in total. The molecule has 0 aliphatic carbocycles. The van der Waals surface area contributed by atoms with Crippen molar-refractivity contribution in [3.8, 4) is 0 Å². The van der Waals surface area contributed by atoms with Crippen LogP contribution in [0.1, 0.15) is 13.3 Å². The van der Waals surface area contributed by atoms with Crippen LogP contribution in [-0.2, 0) is 9.53 Å². The largest absolute Gasteiger partial charge is 0.466 e. The van der Waals surface area contributed by atoms with Gasteiger partial charge in [0.2, 0.25) is 0 Å². The van der Waals surface area contributed by atoms with Crippen LogP contribution in [0.25, 0.3) is 10.2 Å². The number of thioether (sulfide) groups is 1. The van der Waals surface area contributed by atoms with Crippen molar-refractivity contribution >= 4 is 39.3 Å². The summed E-state index contributed by atoms with van der Waals surface area (Å²) < 4.78 is 7.07. The fraction of sp³-hybridized carbons (Fsp3) is 0.333. The molecule has 0 amide bonds. The van der Waals surface area contributed by atoms with E-state index >= 15 is 0 Å². The molecule has 2 aromatic rings. The maximum absolute atomic E-state index is 11.2. The number of para-hydroxylation sites is 1. The summed E-state index contributed by atoms with van der Waals surface area (Å²) in [4.78, 5) is 15.6. The van der Waals surface area contributed by atoms with Gasteiger partial charge in [0.05, 0.1) is 23.2 Å². The van der Waals surface area contributed by atoms with Gasteiger partial charge in [-0.2, -0.15) is 0 Å². The van der Waals surface area contributed by atoms with Crippen LogP contribution in [-0.4, -0.2) is 23.3 Å². The molecule has 5 heteroatoms. The molecular formula is C12H13NO2S2. The number of hydrogen-bond acceptors (Lipinski definition) is 5. The molecular weight excluding hydrogens is 254 g/mol. The maximum Gasteiger partial charge on any atom is 0.306 e. The molecule has 1 heterocycles. The number of thiazole rings is 1. The summed E-state index contributed by atoms with van der Waals surface area (Å²) in [5.74, 6) is 0.583. The molecule has 2 rings (SSSR count). The first kappa shape index (κ1) is 12.4. The lowest BCUT2D eigenvalue weighted by molar-refractivity contribution is -0.142. The molecule has 0 spiro atoms. The van der Waals surface area contributed by atoms with Gasteiger partial charge in [0, 0.05) is 5.75 Å². The number of hydrogen-bond donors (Lipinski definition) is 0. The number of ether oxygens (including phenoxy) is 1. The molecule has 0 aliphatic heterocycles. The summed E-state index contributed by atoms with van der Waals surface area (Å²) in [7, 11) is 0. The third kappa shape index (κ3) is 3.44. The molecule has 0 N–H and O–H groups in total. The van der Waals surface area contributed by atoms with Crippen LogP contribution in [0.3, 0.4) is 0 Å². The average Bonchev–Trinajstić information content (AvgIpc) is 2.71. The Morgan fingerprint density at radius 2 is 2.29 bits per heavy atom. The lowest BCUT2D eigenvalue weighted by atomic mass is 10.3. The number of rotatable bonds is 5. The first-order chi connectivity index (χ1) is 8.29. The predicted molar refractivity (Wildman–Crippen MR) is 71.6 cm³/mol. The zero-order chi connectivity index (χ0) is 12.1. The number of benzene rings is 1. The minimum atomic E-state index is -0.138. The first-order valence-electron chi connectivity index (χ1n) is 5.43. The van der Waals surface area contributed by atoms with Crippen molar-refractivity contribution in [1.29, 1.82) is 0 Å². The summed E-state index contributed by atoms with van der Waals surface area (Å²) in [5, 5.41) is 0. The predicted octanol–water partition coefficient (Wildman–Crippen LogP) is 3.34. The Morgan fingerprint density at radius 1 is 1.47 bits per heavy atom. The minimum Gasteiger partial charge on any atom is -0.466 e. The Bertz CT molecular complexity index is 477. The standard InChI is InChI=1S/C12H13NO2S2/c1-2-15-11(14)7-8-16-12-13-9-5-3-4-6-10(9)17-12/h3-6H,2,7-8H2,1H3. The van der Waals surface area contributed by atoms with Crippen LogP contribution in [0, 0.1) is 0 Å². The van der Waals surface area contributed by atoms with Gasteiger partial charge in [0.15, 0.2) is 4.34 Å². The van der Waals surface area contributed by atoms with Gasteiger partial charge in [-0.05, 0) is 19.1 Å². The second kappa shape index (κ2) is 6.02. The van der Waals surface area contributed by atoms with Gasteiger partial charge in [-0.15, -0.1) is 11.3 Å². The molecule has 0 aliphatic rings. The highest BCUT2D eigenvalue weighted by Gasteiger charge is 2.06. The summed E-state index contributed by atoms with van der Waals surface area (Å²) >= 11 is 3.27. The Morgan fingerprint density at radius 3 is 3.06 bits per heavy atom. The van der Waals surface area contributed by atoms with Gasteiger partial charge in [0.1, 0.15) is 0 Å². The van der Waals surface area contributed by atoms with E-state index in [-0.39, 0.29) is 5.97 Å². The van der Waals surface area contributed by atoms with Crippen molar-refractivity contribution in [2.45, 2.75) is 17.7 Å². The zero-order valence-electron chi connectivity index (χ0n) is 9.51. The molecule has 0 atom stereocenters. The highest BCUT2D eigenvalue weighted by atomic mass is 32.2. The molecule has 90 valence electrons. The van der Waals surface area contributed by atoms with E-state index < -0.39 is 0 Å². The Kier molecular flexibility index (Phi) is 4.39. The van der Waals surface area contributed by atoms with E-state index in [2.05, 4.69) is 11.1 Å². The van der Waals surface area contributed by atoms with Crippen LogP contribution in [0.5, 0.6) is 0 Å². The van der Waals surface area contributed by atoms with Crippen LogP contribution in [0.4, 0.5) is 0 Å². The van der Waals surface area contributed by atoms with Crippen molar-refractivity contribution < 1.29 is 9.53 Å². The Hall–Kier alpha value is -1.07. The number of carbonyl (C=O) groups is 1.